The number of aromatic nitrogens is 1. The molecule has 1 heterocycles. The van der Waals surface area contributed by atoms with E-state index < -0.39 is 6.09 Å². The second-order valence-corrected chi connectivity index (χ2v) is 4.89. The summed E-state index contributed by atoms with van der Waals surface area (Å²) >= 11 is 0. The normalized spacial score (nSPS) is 10.8. The van der Waals surface area contributed by atoms with Crippen LogP contribution in [-0.4, -0.2) is 49.5 Å². The average molecular weight is 290 g/mol. The summed E-state index contributed by atoms with van der Waals surface area (Å²) < 4.78 is 10.7. The van der Waals surface area contributed by atoms with Gasteiger partial charge in [0.25, 0.3) is 6.47 Å². The zero-order chi connectivity index (χ0) is 15.2. The van der Waals surface area contributed by atoms with Gasteiger partial charge in [0, 0.05) is 18.1 Å². The number of nitrogens with zero attached hydrogens (tertiary/aromatic N) is 2. The maximum absolute atomic E-state index is 12.0. The number of rotatable bonds is 6. The molecule has 2 rings (SSSR count). The third-order valence-corrected chi connectivity index (χ3v) is 3.14. The number of likely N-dealkylation sites (N-methyl/N-ethyl adjacent to an activating group) is 1. The fourth-order valence-corrected chi connectivity index (χ4v) is 2.13. The molecule has 0 unspecified atom stereocenters. The van der Waals surface area contributed by atoms with Gasteiger partial charge in [-0.3, -0.25) is 9.36 Å². The Morgan fingerprint density at radius 1 is 1.33 bits per heavy atom. The summed E-state index contributed by atoms with van der Waals surface area (Å²) in [6.07, 6.45) is 2.04. The van der Waals surface area contributed by atoms with Crippen LogP contribution in [0.2, 0.25) is 0 Å². The number of carbonyl (C=O) groups excluding carboxylic acids is 2. The van der Waals surface area contributed by atoms with E-state index in [1.54, 1.807) is 6.20 Å². The van der Waals surface area contributed by atoms with Gasteiger partial charge in [-0.15, -0.1) is 0 Å². The lowest BCUT2D eigenvalue weighted by Gasteiger charge is -2.07. The molecule has 0 amide bonds. The molecule has 0 spiro atoms. The van der Waals surface area contributed by atoms with Gasteiger partial charge in [-0.1, -0.05) is 18.2 Å². The second kappa shape index (κ2) is 6.90. The van der Waals surface area contributed by atoms with Crippen molar-refractivity contribution < 1.29 is 19.1 Å². The number of hydrogen-bond donors (Lipinski definition) is 0. The van der Waals surface area contributed by atoms with Crippen LogP contribution in [0, 0.1) is 0 Å². The first-order chi connectivity index (χ1) is 10.1. The van der Waals surface area contributed by atoms with Crippen molar-refractivity contribution in [2.75, 3.05) is 27.4 Å². The summed E-state index contributed by atoms with van der Waals surface area (Å²) in [5.41, 5.74) is 1.86. The molecule has 2 aromatic rings. The minimum Gasteiger partial charge on any atom is -0.430 e. The van der Waals surface area contributed by atoms with E-state index in [2.05, 4.69) is 9.64 Å². The number of ether oxygens (including phenoxy) is 2. The zero-order valence-corrected chi connectivity index (χ0v) is 12.1. The van der Waals surface area contributed by atoms with Gasteiger partial charge in [0.05, 0.1) is 5.52 Å². The van der Waals surface area contributed by atoms with Gasteiger partial charge in [-0.25, -0.2) is 4.79 Å². The molecule has 0 aliphatic rings. The van der Waals surface area contributed by atoms with Crippen molar-refractivity contribution >= 4 is 23.5 Å². The van der Waals surface area contributed by atoms with Crippen LogP contribution in [0.15, 0.2) is 30.5 Å². The summed E-state index contributed by atoms with van der Waals surface area (Å²) in [4.78, 5) is 24.2. The summed E-state index contributed by atoms with van der Waals surface area (Å²) in [6, 6.07) is 7.64. The minimum atomic E-state index is -0.566. The zero-order valence-electron chi connectivity index (χ0n) is 12.1. The Morgan fingerprint density at radius 3 is 2.81 bits per heavy atom. The Labute approximate surface area is 122 Å². The van der Waals surface area contributed by atoms with E-state index in [9.17, 15) is 9.59 Å². The highest BCUT2D eigenvalue weighted by atomic mass is 16.7. The highest BCUT2D eigenvalue weighted by Gasteiger charge is 2.14. The standard InChI is InChI=1S/C15H18N2O4/c1-16(2)8-7-12-9-17(15(19)21-11-20-10-18)14-6-4-3-5-13(12)14/h3-6,9-10H,7-8,11H2,1-2H3. The monoisotopic (exact) mass is 290 g/mol. The molecule has 0 radical (unpaired) electrons. The molecule has 0 atom stereocenters. The van der Waals surface area contributed by atoms with E-state index in [0.29, 0.717) is 0 Å². The van der Waals surface area contributed by atoms with Crippen molar-refractivity contribution in [3.8, 4) is 0 Å². The SMILES string of the molecule is CN(C)CCc1cn(C(=O)OCOC=O)c2ccccc12. The van der Waals surface area contributed by atoms with Gasteiger partial charge in [0.15, 0.2) is 0 Å². The third kappa shape index (κ3) is 3.61. The topological polar surface area (TPSA) is 60.8 Å². The molecule has 21 heavy (non-hydrogen) atoms. The first-order valence-corrected chi connectivity index (χ1v) is 6.59. The van der Waals surface area contributed by atoms with Crippen molar-refractivity contribution in [2.24, 2.45) is 0 Å². The molecule has 112 valence electrons. The van der Waals surface area contributed by atoms with Crippen LogP contribution in [0.3, 0.4) is 0 Å². The average Bonchev–Trinajstić information content (AvgIpc) is 2.84. The van der Waals surface area contributed by atoms with Crippen LogP contribution < -0.4 is 0 Å². The van der Waals surface area contributed by atoms with E-state index in [4.69, 9.17) is 4.74 Å². The molecule has 0 aliphatic heterocycles. The highest BCUT2D eigenvalue weighted by molar-refractivity contribution is 5.91. The van der Waals surface area contributed by atoms with Gasteiger partial charge in [-0.2, -0.15) is 0 Å². The highest BCUT2D eigenvalue weighted by Crippen LogP contribution is 2.22. The van der Waals surface area contributed by atoms with Crippen molar-refractivity contribution in [3.05, 3.63) is 36.0 Å². The van der Waals surface area contributed by atoms with Gasteiger partial charge in [0.2, 0.25) is 6.79 Å². The summed E-state index contributed by atoms with van der Waals surface area (Å²) in [5.74, 6) is 0. The molecular weight excluding hydrogens is 272 g/mol. The first kappa shape index (κ1) is 15.1. The Morgan fingerprint density at radius 2 is 2.10 bits per heavy atom. The van der Waals surface area contributed by atoms with Crippen molar-refractivity contribution in [3.63, 3.8) is 0 Å². The molecule has 1 aromatic heterocycles. The van der Waals surface area contributed by atoms with Gasteiger partial charge in [0.1, 0.15) is 0 Å². The van der Waals surface area contributed by atoms with Crippen molar-refractivity contribution in [1.29, 1.82) is 0 Å². The minimum absolute atomic E-state index is 0.240. The summed E-state index contributed by atoms with van der Waals surface area (Å²) in [6.45, 7) is 0.739. The van der Waals surface area contributed by atoms with Gasteiger partial charge in [-0.05, 0) is 32.1 Å². The molecule has 0 aliphatic carbocycles. The lowest BCUT2D eigenvalue weighted by molar-refractivity contribution is -0.136. The van der Waals surface area contributed by atoms with E-state index in [0.717, 1.165) is 29.4 Å². The van der Waals surface area contributed by atoms with Crippen LogP contribution >= 0.6 is 0 Å². The van der Waals surface area contributed by atoms with Crippen LogP contribution in [0.4, 0.5) is 4.79 Å². The van der Waals surface area contributed by atoms with Gasteiger partial charge < -0.3 is 14.4 Å². The molecule has 0 bridgehead atoms. The van der Waals surface area contributed by atoms with Gasteiger partial charge >= 0.3 is 6.09 Å². The fraction of sp³-hybridized carbons (Fsp3) is 0.333. The van der Waals surface area contributed by atoms with Crippen LogP contribution in [0.1, 0.15) is 5.56 Å². The first-order valence-electron chi connectivity index (χ1n) is 6.59. The summed E-state index contributed by atoms with van der Waals surface area (Å²) in [5, 5.41) is 1.02. The van der Waals surface area contributed by atoms with Crippen molar-refractivity contribution in [1.82, 2.24) is 9.47 Å². The van der Waals surface area contributed by atoms with E-state index >= 15 is 0 Å². The van der Waals surface area contributed by atoms with Crippen LogP contribution in [0.5, 0.6) is 0 Å². The molecular formula is C15H18N2O4. The smallest absolute Gasteiger partial charge is 0.421 e. The Hall–Kier alpha value is -2.34. The van der Waals surface area contributed by atoms with E-state index in [-0.39, 0.29) is 13.3 Å². The molecule has 0 N–H and O–H groups in total. The lowest BCUT2D eigenvalue weighted by Crippen LogP contribution is -2.15. The van der Waals surface area contributed by atoms with Crippen LogP contribution in [-0.2, 0) is 20.7 Å². The molecule has 6 heteroatoms. The van der Waals surface area contributed by atoms with E-state index in [1.807, 2.05) is 38.4 Å². The van der Waals surface area contributed by atoms with Crippen molar-refractivity contribution in [2.45, 2.75) is 6.42 Å². The Bertz CT molecular complexity index is 634. The number of hydrogen-bond acceptors (Lipinski definition) is 5. The quantitative estimate of drug-likeness (QED) is 0.462. The molecule has 0 saturated carbocycles. The second-order valence-electron chi connectivity index (χ2n) is 4.89. The van der Waals surface area contributed by atoms with Crippen LogP contribution in [0.25, 0.3) is 10.9 Å². The molecule has 1 aromatic carbocycles. The number of fused-ring (bicyclic) bond motifs is 1. The predicted molar refractivity (Wildman–Crippen MR) is 78.1 cm³/mol. The molecule has 0 saturated heterocycles. The molecule has 0 fully saturated rings. The fourth-order valence-electron chi connectivity index (χ4n) is 2.13. The number of benzene rings is 1. The maximum Gasteiger partial charge on any atom is 0.421 e. The largest absolute Gasteiger partial charge is 0.430 e. The van der Waals surface area contributed by atoms with E-state index in [1.165, 1.54) is 4.57 Å². The number of carbonyl (C=O) groups is 2. The summed E-state index contributed by atoms with van der Waals surface area (Å²) in [7, 11) is 4.01. The number of para-hydroxylation sites is 1. The third-order valence-electron chi connectivity index (χ3n) is 3.14. The maximum atomic E-state index is 12.0. The Kier molecular flexibility index (Phi) is 4.94. The Balaban J connectivity index is 2.26. The molecule has 6 nitrogen and oxygen atoms in total. The predicted octanol–water partition coefficient (Wildman–Crippen LogP) is 1.86. The lowest BCUT2D eigenvalue weighted by atomic mass is 10.1.